The van der Waals surface area contributed by atoms with E-state index in [1.807, 2.05) is 0 Å². The summed E-state index contributed by atoms with van der Waals surface area (Å²) in [6, 6.07) is 4.29. The normalized spacial score (nSPS) is 19.0. The fourth-order valence-electron chi connectivity index (χ4n) is 3.49. The fourth-order valence-corrected chi connectivity index (χ4v) is 3.49. The van der Waals surface area contributed by atoms with Crippen molar-refractivity contribution < 1.29 is 14.3 Å². The van der Waals surface area contributed by atoms with Crippen LogP contribution in [0.1, 0.15) is 43.9 Å². The van der Waals surface area contributed by atoms with Gasteiger partial charge in [0.15, 0.2) is 0 Å². The van der Waals surface area contributed by atoms with Crippen LogP contribution in [0.2, 0.25) is 0 Å². The Kier molecular flexibility index (Phi) is 5.89. The van der Waals surface area contributed by atoms with Crippen LogP contribution in [-0.2, 0) is 27.2 Å². The zero-order valence-electron chi connectivity index (χ0n) is 14.9. The van der Waals surface area contributed by atoms with Crippen molar-refractivity contribution in [3.8, 4) is 0 Å². The summed E-state index contributed by atoms with van der Waals surface area (Å²) in [7, 11) is 0. The smallest absolute Gasteiger partial charge is 0.307 e. The third kappa shape index (κ3) is 4.50. The van der Waals surface area contributed by atoms with E-state index < -0.39 is 0 Å². The van der Waals surface area contributed by atoms with Gasteiger partial charge in [0.05, 0.1) is 18.9 Å². The van der Waals surface area contributed by atoms with Crippen molar-refractivity contribution in [2.24, 2.45) is 5.92 Å². The van der Waals surface area contributed by atoms with Crippen LogP contribution in [0.4, 0.5) is 5.82 Å². The largest absolute Gasteiger partial charge is 0.466 e. The quantitative estimate of drug-likeness (QED) is 0.577. The molecule has 1 atom stereocenters. The average Bonchev–Trinajstić information content (AvgIpc) is 2.63. The van der Waals surface area contributed by atoms with Crippen LogP contribution in [-0.4, -0.2) is 48.0 Å². The third-order valence-electron chi connectivity index (χ3n) is 4.93. The van der Waals surface area contributed by atoms with E-state index >= 15 is 0 Å². The van der Waals surface area contributed by atoms with Crippen LogP contribution in [0.3, 0.4) is 0 Å². The fraction of sp³-hybridized carbons (Fsp3) is 0.632. The maximum Gasteiger partial charge on any atom is 0.307 e. The molecule has 1 fully saturated rings. The van der Waals surface area contributed by atoms with Crippen molar-refractivity contribution in [1.29, 1.82) is 0 Å². The molecule has 3 heterocycles. The van der Waals surface area contributed by atoms with Gasteiger partial charge in [0.1, 0.15) is 5.82 Å². The van der Waals surface area contributed by atoms with E-state index in [-0.39, 0.29) is 17.8 Å². The predicted octanol–water partition coefficient (Wildman–Crippen LogP) is 2.17. The van der Waals surface area contributed by atoms with Gasteiger partial charge in [0.2, 0.25) is 5.91 Å². The number of ether oxygens (including phenoxy) is 1. The molecule has 1 aromatic rings. The summed E-state index contributed by atoms with van der Waals surface area (Å²) in [5, 5.41) is 3.36. The molecule has 136 valence electrons. The van der Waals surface area contributed by atoms with E-state index in [0.29, 0.717) is 19.6 Å². The molecule has 1 saturated heterocycles. The van der Waals surface area contributed by atoms with Gasteiger partial charge in [-0.25, -0.2) is 4.98 Å². The lowest BCUT2D eigenvalue weighted by Crippen LogP contribution is -2.52. The number of anilines is 1. The number of pyridine rings is 1. The Labute approximate surface area is 148 Å². The lowest BCUT2D eigenvalue weighted by Gasteiger charge is -2.38. The van der Waals surface area contributed by atoms with Crippen molar-refractivity contribution in [2.45, 2.75) is 45.4 Å². The van der Waals surface area contributed by atoms with Crippen LogP contribution in [0.15, 0.2) is 12.1 Å². The van der Waals surface area contributed by atoms with Gasteiger partial charge in [-0.3, -0.25) is 9.59 Å². The van der Waals surface area contributed by atoms with Gasteiger partial charge in [-0.05, 0) is 50.7 Å². The highest BCUT2D eigenvalue weighted by atomic mass is 16.5. The first-order chi connectivity index (χ1) is 12.2. The highest BCUT2D eigenvalue weighted by Gasteiger charge is 2.35. The average molecular weight is 345 g/mol. The summed E-state index contributed by atoms with van der Waals surface area (Å²) in [4.78, 5) is 29.9. The molecule has 1 amide bonds. The Balaban J connectivity index is 1.36. The van der Waals surface area contributed by atoms with Crippen molar-refractivity contribution >= 4 is 17.7 Å². The van der Waals surface area contributed by atoms with E-state index in [9.17, 15) is 9.59 Å². The highest BCUT2D eigenvalue weighted by molar-refractivity contribution is 5.85. The van der Waals surface area contributed by atoms with E-state index in [0.717, 1.165) is 50.3 Å². The Bertz CT molecular complexity index is 632. The Morgan fingerprint density at radius 2 is 2.32 bits per heavy atom. The molecule has 3 rings (SSSR count). The molecule has 2 aliphatic rings. The van der Waals surface area contributed by atoms with E-state index in [1.54, 1.807) is 11.8 Å². The molecule has 0 aromatic carbocycles. The molecule has 0 saturated carbocycles. The van der Waals surface area contributed by atoms with Gasteiger partial charge in [-0.2, -0.15) is 0 Å². The first-order valence-electron chi connectivity index (χ1n) is 9.34. The molecular weight excluding hydrogens is 318 g/mol. The molecule has 0 radical (unpaired) electrons. The summed E-state index contributed by atoms with van der Waals surface area (Å²) in [6.07, 6.45) is 5.33. The van der Waals surface area contributed by atoms with Gasteiger partial charge in [0.25, 0.3) is 0 Å². The summed E-state index contributed by atoms with van der Waals surface area (Å²) in [5.41, 5.74) is 2.40. The maximum atomic E-state index is 12.1. The number of fused-ring (bicyclic) bond motifs is 1. The number of β-lactam (4-membered cyclic amide) rings is 1. The zero-order chi connectivity index (χ0) is 17.6. The number of carbonyl (C=O) groups excluding carboxylic acids is 2. The maximum absolute atomic E-state index is 12.1. The lowest BCUT2D eigenvalue weighted by atomic mass is 9.92. The summed E-state index contributed by atoms with van der Waals surface area (Å²) >= 11 is 0. The molecule has 6 heteroatoms. The molecule has 0 aliphatic carbocycles. The van der Waals surface area contributed by atoms with E-state index in [1.165, 1.54) is 12.0 Å². The third-order valence-corrected chi connectivity index (χ3v) is 4.93. The minimum Gasteiger partial charge on any atom is -0.466 e. The zero-order valence-corrected chi connectivity index (χ0v) is 14.9. The SMILES string of the molecule is CCOC(=O)CCN1C[C@H](CCCc2ccc3c(n2)NCCC3)C1=O. The molecule has 0 unspecified atom stereocenters. The molecule has 6 nitrogen and oxygen atoms in total. The first kappa shape index (κ1) is 17.7. The molecule has 0 spiro atoms. The number of likely N-dealkylation sites (tertiary alicyclic amines) is 1. The van der Waals surface area contributed by atoms with Gasteiger partial charge in [-0.15, -0.1) is 0 Å². The first-order valence-corrected chi connectivity index (χ1v) is 9.34. The number of aromatic nitrogens is 1. The van der Waals surface area contributed by atoms with Crippen molar-refractivity contribution in [3.63, 3.8) is 0 Å². The van der Waals surface area contributed by atoms with Crippen molar-refractivity contribution in [3.05, 3.63) is 23.4 Å². The number of hydrogen-bond donors (Lipinski definition) is 1. The van der Waals surface area contributed by atoms with Gasteiger partial charge < -0.3 is 15.0 Å². The van der Waals surface area contributed by atoms with E-state index in [2.05, 4.69) is 17.4 Å². The molecule has 25 heavy (non-hydrogen) atoms. The second-order valence-electron chi connectivity index (χ2n) is 6.77. The molecule has 1 aromatic heterocycles. The highest BCUT2D eigenvalue weighted by Crippen LogP contribution is 2.24. The minimum atomic E-state index is -0.231. The number of amides is 1. The van der Waals surface area contributed by atoms with Crippen LogP contribution in [0, 0.1) is 5.92 Å². The Hall–Kier alpha value is -2.11. The number of nitrogens with zero attached hydrogens (tertiary/aromatic N) is 2. The Morgan fingerprint density at radius 3 is 3.12 bits per heavy atom. The predicted molar refractivity (Wildman–Crippen MR) is 95.3 cm³/mol. The van der Waals surface area contributed by atoms with Crippen LogP contribution >= 0.6 is 0 Å². The lowest BCUT2D eigenvalue weighted by molar-refractivity contribution is -0.150. The van der Waals surface area contributed by atoms with Gasteiger partial charge >= 0.3 is 5.97 Å². The molecule has 1 N–H and O–H groups in total. The Morgan fingerprint density at radius 1 is 1.44 bits per heavy atom. The van der Waals surface area contributed by atoms with E-state index in [4.69, 9.17) is 9.72 Å². The number of aryl methyl sites for hydroxylation is 2. The number of rotatable bonds is 8. The standard InChI is InChI=1S/C19H27N3O3/c1-2-25-17(23)10-12-22-13-15(19(22)24)5-3-7-16-9-8-14-6-4-11-20-18(14)21-16/h8-9,15H,2-7,10-13H2,1H3,(H,20,21)/t15-/m0/s1. The topological polar surface area (TPSA) is 71.5 Å². The second kappa shape index (κ2) is 8.32. The minimum absolute atomic E-state index is 0.109. The number of carbonyl (C=O) groups is 2. The molecular formula is C19H27N3O3. The molecule has 0 bridgehead atoms. The number of esters is 1. The van der Waals surface area contributed by atoms with Crippen LogP contribution < -0.4 is 5.32 Å². The second-order valence-corrected chi connectivity index (χ2v) is 6.77. The number of hydrogen-bond acceptors (Lipinski definition) is 5. The van der Waals surface area contributed by atoms with Crippen LogP contribution in [0.5, 0.6) is 0 Å². The molecule has 2 aliphatic heterocycles. The van der Waals surface area contributed by atoms with Crippen LogP contribution in [0.25, 0.3) is 0 Å². The monoisotopic (exact) mass is 345 g/mol. The van der Waals surface area contributed by atoms with Crippen molar-refractivity contribution in [2.75, 3.05) is 31.6 Å². The summed E-state index contributed by atoms with van der Waals surface area (Å²) < 4.78 is 4.89. The summed E-state index contributed by atoms with van der Waals surface area (Å²) in [6.45, 7) is 4.42. The van der Waals surface area contributed by atoms with Crippen molar-refractivity contribution in [1.82, 2.24) is 9.88 Å². The van der Waals surface area contributed by atoms with Gasteiger partial charge in [0, 0.05) is 25.3 Å². The summed E-state index contributed by atoms with van der Waals surface area (Å²) in [5.74, 6) is 1.08. The number of nitrogens with one attached hydrogen (secondary N) is 1. The van der Waals surface area contributed by atoms with Gasteiger partial charge in [-0.1, -0.05) is 6.07 Å².